The van der Waals surface area contributed by atoms with Crippen LogP contribution >= 0.6 is 0 Å². The van der Waals surface area contributed by atoms with Crippen molar-refractivity contribution in [3.05, 3.63) is 0 Å². The maximum absolute atomic E-state index is 12.5. The number of fused-ring (bicyclic) bond motifs is 5. The number of nitrogens with zero attached hydrogens (tertiary/aromatic N) is 1. The van der Waals surface area contributed by atoms with E-state index in [1.807, 2.05) is 21.0 Å². The van der Waals surface area contributed by atoms with Crippen LogP contribution < -0.4 is 5.73 Å². The molecule has 0 aromatic carbocycles. The normalized spacial score (nSPS) is 41.0. The maximum Gasteiger partial charge on any atom is 0.222 e. The topological polar surface area (TPSA) is 55.6 Å². The lowest BCUT2D eigenvalue weighted by Crippen LogP contribution is -2.65. The third-order valence-electron chi connectivity index (χ3n) is 11.1. The molecule has 2 N–H and O–H groups in total. The van der Waals surface area contributed by atoms with Crippen LogP contribution in [0.1, 0.15) is 113 Å². The number of carbonyl (C=O) groups is 1. The van der Waals surface area contributed by atoms with E-state index in [0.717, 1.165) is 42.9 Å². The number of likely N-dealkylation sites (tertiary alicyclic amines) is 1. The van der Waals surface area contributed by atoms with Crippen LogP contribution in [-0.2, 0) is 9.53 Å². The lowest BCUT2D eigenvalue weighted by molar-refractivity contribution is -0.186. The van der Waals surface area contributed by atoms with Crippen LogP contribution in [-0.4, -0.2) is 44.2 Å². The molecule has 1 amide bonds. The Bertz CT molecular complexity index is 666. The first-order chi connectivity index (χ1) is 16.6. The lowest BCUT2D eigenvalue weighted by Gasteiger charge is -2.63. The Morgan fingerprint density at radius 3 is 2.23 bits per heavy atom. The summed E-state index contributed by atoms with van der Waals surface area (Å²) in [5.41, 5.74) is 5.25. The van der Waals surface area contributed by atoms with E-state index in [-0.39, 0.29) is 5.41 Å². The summed E-state index contributed by atoms with van der Waals surface area (Å²) in [5.74, 6) is 5.08. The molecule has 1 aliphatic heterocycles. The summed E-state index contributed by atoms with van der Waals surface area (Å²) in [6.07, 6.45) is 12.9. The van der Waals surface area contributed by atoms with Gasteiger partial charge < -0.3 is 15.4 Å². The lowest BCUT2D eigenvalue weighted by atomic mass is 9.45. The zero-order valence-electron chi connectivity index (χ0n) is 25.0. The molecular weight excluding hydrogens is 432 g/mol. The van der Waals surface area contributed by atoms with Gasteiger partial charge >= 0.3 is 0 Å². The number of piperidine rings is 1. The Hall–Kier alpha value is -0.610. The predicted molar refractivity (Wildman–Crippen MR) is 149 cm³/mol. The molecule has 4 aliphatic rings. The van der Waals surface area contributed by atoms with Gasteiger partial charge in [-0.25, -0.2) is 0 Å². The van der Waals surface area contributed by atoms with Crippen molar-refractivity contribution in [3.63, 3.8) is 0 Å². The minimum Gasteiger partial charge on any atom is -0.381 e. The van der Waals surface area contributed by atoms with Gasteiger partial charge in [0.05, 0.1) is 6.10 Å². The summed E-state index contributed by atoms with van der Waals surface area (Å²) in [6.45, 7) is 16.4. The van der Waals surface area contributed by atoms with E-state index in [1.165, 1.54) is 52.0 Å². The fourth-order valence-electron chi connectivity index (χ4n) is 9.33. The Kier molecular flexibility index (Phi) is 11.2. The molecule has 206 valence electrons. The molecule has 4 heteroatoms. The quantitative estimate of drug-likeness (QED) is 0.428. The van der Waals surface area contributed by atoms with Gasteiger partial charge in [-0.2, -0.15) is 0 Å². The molecule has 7 unspecified atom stereocenters. The van der Waals surface area contributed by atoms with E-state index < -0.39 is 0 Å². The van der Waals surface area contributed by atoms with Crippen molar-refractivity contribution in [2.24, 2.45) is 52.1 Å². The minimum atomic E-state index is 0.269. The molecule has 1 saturated heterocycles. The number of ether oxygens (including phenoxy) is 1. The average molecular weight is 493 g/mol. The molecule has 3 aliphatic carbocycles. The Morgan fingerprint density at radius 2 is 1.63 bits per heavy atom. The fraction of sp³-hybridized carbons (Fsp3) is 0.968. The van der Waals surface area contributed by atoms with Crippen molar-refractivity contribution in [1.29, 1.82) is 0 Å². The second-order valence-corrected chi connectivity index (χ2v) is 12.9. The van der Waals surface area contributed by atoms with E-state index in [1.54, 1.807) is 0 Å². The van der Waals surface area contributed by atoms with Gasteiger partial charge in [0.25, 0.3) is 0 Å². The van der Waals surface area contributed by atoms with Crippen LogP contribution in [0, 0.1) is 46.3 Å². The van der Waals surface area contributed by atoms with Gasteiger partial charge in [-0.1, -0.05) is 67.7 Å². The van der Waals surface area contributed by atoms with Crippen LogP contribution in [0.2, 0.25) is 0 Å². The van der Waals surface area contributed by atoms with Gasteiger partial charge in [0.1, 0.15) is 0 Å². The van der Waals surface area contributed by atoms with Gasteiger partial charge in [0.15, 0.2) is 0 Å². The summed E-state index contributed by atoms with van der Waals surface area (Å²) in [5, 5.41) is 0. The SMILES string of the molecule is CC.CN.COC1CC2N(C)C(=O)CC[C@]2(C)C2CC[C@]3(C)C(C(C)CCCC(C)C)CCC3C12. The summed E-state index contributed by atoms with van der Waals surface area (Å²) in [6, 6.07) is 0.358. The fourth-order valence-corrected chi connectivity index (χ4v) is 9.33. The molecule has 0 spiro atoms. The Morgan fingerprint density at radius 1 is 1.00 bits per heavy atom. The highest BCUT2D eigenvalue weighted by Gasteiger charge is 2.64. The first-order valence-electron chi connectivity index (χ1n) is 15.0. The number of hydrogen-bond donors (Lipinski definition) is 1. The summed E-state index contributed by atoms with van der Waals surface area (Å²) in [7, 11) is 5.48. The van der Waals surface area contributed by atoms with Gasteiger partial charge in [0.2, 0.25) is 5.91 Å². The third-order valence-corrected chi connectivity index (χ3v) is 11.1. The zero-order valence-corrected chi connectivity index (χ0v) is 25.0. The highest BCUT2D eigenvalue weighted by molar-refractivity contribution is 5.77. The molecule has 35 heavy (non-hydrogen) atoms. The molecule has 0 bridgehead atoms. The molecule has 4 nitrogen and oxygen atoms in total. The predicted octanol–water partition coefficient (Wildman–Crippen LogP) is 7.15. The molecule has 0 aromatic heterocycles. The smallest absolute Gasteiger partial charge is 0.222 e. The largest absolute Gasteiger partial charge is 0.381 e. The van der Waals surface area contributed by atoms with Crippen molar-refractivity contribution in [1.82, 2.24) is 4.90 Å². The Labute approximate surface area is 218 Å². The van der Waals surface area contributed by atoms with Crippen LogP contribution in [0.25, 0.3) is 0 Å². The van der Waals surface area contributed by atoms with Crippen LogP contribution in [0.15, 0.2) is 0 Å². The highest BCUT2D eigenvalue weighted by atomic mass is 16.5. The van der Waals surface area contributed by atoms with Gasteiger partial charge in [-0.15, -0.1) is 0 Å². The van der Waals surface area contributed by atoms with Gasteiger partial charge in [-0.3, -0.25) is 4.79 Å². The second-order valence-electron chi connectivity index (χ2n) is 12.9. The molecule has 1 heterocycles. The molecule has 0 aromatic rings. The van der Waals surface area contributed by atoms with Crippen LogP contribution in [0.3, 0.4) is 0 Å². The molecular formula is C31H60N2O2. The van der Waals surface area contributed by atoms with E-state index in [9.17, 15) is 4.79 Å². The van der Waals surface area contributed by atoms with E-state index >= 15 is 0 Å². The Balaban J connectivity index is 0.00000103. The summed E-state index contributed by atoms with van der Waals surface area (Å²) < 4.78 is 6.24. The number of carbonyl (C=O) groups excluding carboxylic acids is 1. The van der Waals surface area contributed by atoms with Gasteiger partial charge in [-0.05, 0) is 91.9 Å². The third kappa shape index (κ3) is 5.64. The standard InChI is InChI=1S/C28H49NO2.C2H6.CH5N/c1-18(2)9-8-10-19(3)20-11-12-21-26-22(13-15-27(20,21)4)28(5)16-14-25(30)29(6)24(28)17-23(26)31-7;2*1-2/h18-24,26H,8-17H2,1-7H3;1-2H3;2H2,1H3/t19?,20?,21?,22?,23?,24?,26?,27-,28-;;/m1../s1. The van der Waals surface area contributed by atoms with Crippen LogP contribution in [0.5, 0.6) is 0 Å². The average Bonchev–Trinajstić information content (AvgIpc) is 3.21. The van der Waals surface area contributed by atoms with Crippen molar-refractivity contribution >= 4 is 5.91 Å². The van der Waals surface area contributed by atoms with Crippen LogP contribution in [0.4, 0.5) is 0 Å². The minimum absolute atomic E-state index is 0.269. The monoisotopic (exact) mass is 492 g/mol. The molecule has 9 atom stereocenters. The second kappa shape index (κ2) is 12.8. The van der Waals surface area contributed by atoms with E-state index in [4.69, 9.17) is 4.74 Å². The first kappa shape index (κ1) is 30.6. The maximum atomic E-state index is 12.5. The van der Waals surface area contributed by atoms with Crippen molar-refractivity contribution in [2.45, 2.75) is 125 Å². The molecule has 4 rings (SSSR count). The number of methoxy groups -OCH3 is 1. The number of amides is 1. The zero-order chi connectivity index (χ0) is 26.6. The molecule has 3 saturated carbocycles. The number of nitrogens with two attached hydrogens (primary N) is 1. The highest BCUT2D eigenvalue weighted by Crippen LogP contribution is 2.67. The molecule has 0 radical (unpaired) electrons. The summed E-state index contributed by atoms with van der Waals surface area (Å²) in [4.78, 5) is 14.6. The van der Waals surface area contributed by atoms with Crippen molar-refractivity contribution in [3.8, 4) is 0 Å². The molecule has 4 fully saturated rings. The van der Waals surface area contributed by atoms with Crippen molar-refractivity contribution < 1.29 is 9.53 Å². The van der Waals surface area contributed by atoms with Crippen molar-refractivity contribution in [2.75, 3.05) is 21.2 Å². The van der Waals surface area contributed by atoms with E-state index in [2.05, 4.69) is 52.3 Å². The first-order valence-corrected chi connectivity index (χ1v) is 15.0. The van der Waals surface area contributed by atoms with Gasteiger partial charge in [0, 0.05) is 26.6 Å². The van der Waals surface area contributed by atoms with E-state index in [0.29, 0.717) is 35.3 Å². The number of rotatable bonds is 6. The number of hydrogen-bond acceptors (Lipinski definition) is 3. The summed E-state index contributed by atoms with van der Waals surface area (Å²) >= 11 is 0.